The Bertz CT molecular complexity index is 766. The molecule has 0 saturated carbocycles. The summed E-state index contributed by atoms with van der Waals surface area (Å²) < 4.78 is 0. The van der Waals surface area contributed by atoms with Crippen molar-refractivity contribution in [2.75, 3.05) is 6.54 Å². The van der Waals surface area contributed by atoms with Crippen molar-refractivity contribution in [2.24, 2.45) is 0 Å². The molecule has 0 aliphatic rings. The topological polar surface area (TPSA) is 203 Å². The maximum Gasteiger partial charge on any atom is 0.222 e. The number of carbonyl (C=O) groups is 7. The van der Waals surface area contributed by atoms with Crippen LogP contribution in [0, 0.1) is 0 Å². The number of amides is 4. The number of hydrogen-bond acceptors (Lipinski definition) is 8. The van der Waals surface area contributed by atoms with Gasteiger partial charge in [-0.15, -0.1) is 0 Å². The first-order chi connectivity index (χ1) is 15.4. The predicted octanol–water partition coefficient (Wildman–Crippen LogP) is 6.29. The average molecular weight is 680 g/mol. The molecule has 0 heterocycles. The number of carbonyl (C=O) groups excluding carboxylic acids is 7. The van der Waals surface area contributed by atoms with Gasteiger partial charge in [0.05, 0.1) is 0 Å². The second-order valence-electron chi connectivity index (χ2n) is 7.99. The highest BCUT2D eigenvalue weighted by Crippen LogP contribution is 2.03. The third kappa shape index (κ3) is 43.5. The summed E-state index contributed by atoms with van der Waals surface area (Å²) in [6.07, 6.45) is 0.00830. The fraction of sp³-hybridized carbons (Fsp3) is 0.781. The lowest BCUT2D eigenvalue weighted by Crippen LogP contribution is -2.50. The quantitative estimate of drug-likeness (QED) is 0.117. The molecule has 7 N–H and O–H groups in total. The third-order valence-corrected chi connectivity index (χ3v) is 4.63. The lowest BCUT2D eigenvalue weighted by atomic mass is 10.1. The molecule has 0 spiro atoms. The zero-order chi connectivity index (χ0) is 25.6. The summed E-state index contributed by atoms with van der Waals surface area (Å²) in [5.74, 6) is -2.44. The van der Waals surface area contributed by atoms with Gasteiger partial charge in [-0.2, -0.15) is 9.90 Å². The van der Waals surface area contributed by atoms with Crippen LogP contribution >= 0.6 is 9.90 Å². The van der Waals surface area contributed by atoms with Crippen LogP contribution in [0.2, 0.25) is 0 Å². The largest absolute Gasteiger partial charge is 0.354 e. The average Bonchev–Trinajstić information content (AvgIpc) is 2.69. The monoisotopic (exact) mass is 680 g/mol. The summed E-state index contributed by atoms with van der Waals surface area (Å²) in [5.41, 5.74) is 0. The Labute approximate surface area is 283 Å². The van der Waals surface area contributed by atoms with Crippen molar-refractivity contribution in [3.8, 4) is 0 Å². The fourth-order valence-corrected chi connectivity index (χ4v) is 2.99. The molecule has 4 amide bonds. The summed E-state index contributed by atoms with van der Waals surface area (Å²) in [4.78, 5) is 82.7. The fourth-order valence-electron chi connectivity index (χ4n) is 2.99. The second kappa shape index (κ2) is 45.7. The molecule has 0 rings (SSSR count). The van der Waals surface area contributed by atoms with E-state index in [2.05, 4.69) is 21.3 Å². The van der Waals surface area contributed by atoms with Crippen LogP contribution in [0.5, 0.6) is 0 Å². The lowest BCUT2D eigenvalue weighted by molar-refractivity contribution is -0.129. The van der Waals surface area contributed by atoms with Gasteiger partial charge in [-0.3, -0.25) is 33.6 Å². The highest BCUT2D eigenvalue weighted by atomic mass is 31.0. The number of nitrogens with one attached hydrogen (secondary N) is 4. The maximum absolute atomic E-state index is 12.4. The van der Waals surface area contributed by atoms with Crippen molar-refractivity contribution >= 4 is 50.9 Å². The molecule has 282 valence electrons. The van der Waals surface area contributed by atoms with Gasteiger partial charge in [0, 0.05) is 57.2 Å². The molecule has 0 fully saturated rings. The highest BCUT2D eigenvalue weighted by Gasteiger charge is 2.23. The van der Waals surface area contributed by atoms with Crippen molar-refractivity contribution in [1.82, 2.24) is 27.4 Å². The third-order valence-electron chi connectivity index (χ3n) is 4.63. The summed E-state index contributed by atoms with van der Waals surface area (Å²) >= 11 is 0. The molecule has 0 bridgehead atoms. The Balaban J connectivity index is -0.0000000776. The van der Waals surface area contributed by atoms with Gasteiger partial charge in [0.15, 0.2) is 5.78 Å². The van der Waals surface area contributed by atoms with E-state index in [0.29, 0.717) is 0 Å². The molecule has 0 aliphatic carbocycles. The van der Waals surface area contributed by atoms with Gasteiger partial charge in [0.2, 0.25) is 23.6 Å². The van der Waals surface area contributed by atoms with E-state index in [4.69, 9.17) is 0 Å². The Kier molecular flexibility index (Phi) is 85.4. The summed E-state index contributed by atoms with van der Waals surface area (Å²) in [5, 5.41) is 10.2. The molecule has 4 atom stereocenters. The van der Waals surface area contributed by atoms with Crippen LogP contribution in [0.4, 0.5) is 0 Å². The Morgan fingerprint density at radius 3 is 1.07 bits per heavy atom. The molecule has 0 aliphatic heterocycles. The first kappa shape index (κ1) is 84.0. The van der Waals surface area contributed by atoms with Crippen LogP contribution in [-0.2, 0) is 33.6 Å². The van der Waals surface area contributed by atoms with Gasteiger partial charge in [-0.05, 0) is 20.8 Å². The summed E-state index contributed by atoms with van der Waals surface area (Å²) in [7, 11) is 0. The summed E-state index contributed by atoms with van der Waals surface area (Å²) in [6.45, 7) is 7.06. The Hall–Kier alpha value is -2.72. The Morgan fingerprint density at radius 2 is 0.800 bits per heavy atom. The minimum atomic E-state index is -1.02. The van der Waals surface area contributed by atoms with Gasteiger partial charge in [-0.1, -0.05) is 88.1 Å². The van der Waals surface area contributed by atoms with Gasteiger partial charge < -0.3 is 27.4 Å². The lowest BCUT2D eigenvalue weighted by Gasteiger charge is -2.21. The first-order valence-corrected chi connectivity index (χ1v) is 11.0. The molecule has 12 nitrogen and oxygen atoms in total. The maximum atomic E-state index is 12.4. The highest BCUT2D eigenvalue weighted by molar-refractivity contribution is 6.92. The van der Waals surface area contributed by atoms with E-state index in [1.165, 1.54) is 20.8 Å². The SMILES string of the molecule is C.C.C.C.C.C.C.C.C.C.CCC(=O)NC(CC(C)=O)CC(=O)NCC(NC(=O)CC(CC(C)=O)NC(=O)CC)C(C)=O.N.P. The standard InChI is InChI=1S/C22H36N4O7.10CH4.H3N.H3P/c1-6-19(30)24-16(8-13(3)27)10-21(32)23-12-18(15(5)29)26-22(33)11-17(9-14(4)28)25-20(31)7-2;;;;;;;;;;;;/h16-18H,6-12H2,1-5H3,(H,23,32)(H,24,30)(H,25,31)(H,26,33);10*1H4;2*1H3. The normalized spacial score (nSPS) is 9.62. The van der Waals surface area contributed by atoms with E-state index >= 15 is 0 Å². The van der Waals surface area contributed by atoms with E-state index in [1.54, 1.807) is 13.8 Å². The van der Waals surface area contributed by atoms with Crippen LogP contribution in [0.15, 0.2) is 0 Å². The van der Waals surface area contributed by atoms with Crippen molar-refractivity contribution in [3.05, 3.63) is 0 Å². The molecule has 13 heteroatoms. The van der Waals surface area contributed by atoms with Crippen LogP contribution in [0.3, 0.4) is 0 Å². The van der Waals surface area contributed by atoms with Gasteiger partial charge in [-0.25, -0.2) is 0 Å². The van der Waals surface area contributed by atoms with Crippen molar-refractivity contribution in [3.63, 3.8) is 0 Å². The van der Waals surface area contributed by atoms with Crippen molar-refractivity contribution in [2.45, 2.75) is 166 Å². The molecule has 45 heavy (non-hydrogen) atoms. The van der Waals surface area contributed by atoms with E-state index < -0.39 is 35.7 Å². The van der Waals surface area contributed by atoms with Gasteiger partial charge >= 0.3 is 0 Å². The van der Waals surface area contributed by atoms with E-state index in [0.717, 1.165) is 0 Å². The van der Waals surface area contributed by atoms with Gasteiger partial charge in [0.1, 0.15) is 17.6 Å². The van der Waals surface area contributed by atoms with Crippen LogP contribution in [0.25, 0.3) is 0 Å². The van der Waals surface area contributed by atoms with Crippen molar-refractivity contribution in [1.29, 1.82) is 0 Å². The molecule has 0 radical (unpaired) electrons. The van der Waals surface area contributed by atoms with Crippen LogP contribution in [0.1, 0.15) is 147 Å². The number of Topliss-reactive ketones (excluding diaryl/α,β-unsaturated/α-hetero) is 3. The van der Waals surface area contributed by atoms with Crippen LogP contribution < -0.4 is 27.4 Å². The number of ketones is 3. The number of hydrogen-bond donors (Lipinski definition) is 5. The molecule has 0 aromatic carbocycles. The van der Waals surface area contributed by atoms with E-state index in [-0.39, 0.29) is 159 Å². The smallest absolute Gasteiger partial charge is 0.222 e. The Morgan fingerprint density at radius 1 is 0.489 bits per heavy atom. The summed E-state index contributed by atoms with van der Waals surface area (Å²) in [6, 6.07) is -2.39. The predicted molar refractivity (Wildman–Crippen MR) is 203 cm³/mol. The zero-order valence-corrected chi connectivity index (χ0v) is 22.9. The molecular formula is C32H82N5O7P. The minimum absolute atomic E-state index is 0. The second-order valence-corrected chi connectivity index (χ2v) is 7.99. The van der Waals surface area contributed by atoms with Gasteiger partial charge in [0.25, 0.3) is 0 Å². The number of rotatable bonds is 16. The van der Waals surface area contributed by atoms with E-state index in [9.17, 15) is 33.6 Å². The zero-order valence-electron chi connectivity index (χ0n) is 21.5. The molecular weight excluding hydrogens is 597 g/mol. The van der Waals surface area contributed by atoms with Crippen molar-refractivity contribution < 1.29 is 33.6 Å². The molecule has 0 aromatic rings. The first-order valence-electron chi connectivity index (χ1n) is 11.0. The minimum Gasteiger partial charge on any atom is -0.354 e. The molecule has 4 unspecified atom stereocenters. The van der Waals surface area contributed by atoms with E-state index in [1.807, 2.05) is 0 Å². The molecule has 0 saturated heterocycles. The molecule has 0 aromatic heterocycles. The van der Waals surface area contributed by atoms with Crippen LogP contribution in [-0.4, -0.2) is 65.6 Å².